The van der Waals surface area contributed by atoms with Crippen LogP contribution in [0.25, 0.3) is 10.6 Å². The predicted molar refractivity (Wildman–Crippen MR) is 104 cm³/mol. The molecular weight excluding hydrogens is 395 g/mol. The molecule has 1 aromatic carbocycles. The van der Waals surface area contributed by atoms with Gasteiger partial charge in [0.2, 0.25) is 5.88 Å². The number of thiophene rings is 1. The SMILES string of the molecule is O=C(NCCOc1ccc(-c2cccs2)nn1)Nc1ccc(Cl)cc1Cl. The molecule has 0 atom stereocenters. The van der Waals surface area contributed by atoms with Crippen molar-refractivity contribution in [1.29, 1.82) is 0 Å². The predicted octanol–water partition coefficient (Wildman–Crippen LogP) is 4.71. The van der Waals surface area contributed by atoms with Crippen LogP contribution in [0.3, 0.4) is 0 Å². The Balaban J connectivity index is 1.41. The van der Waals surface area contributed by atoms with Crippen molar-refractivity contribution < 1.29 is 9.53 Å². The summed E-state index contributed by atoms with van der Waals surface area (Å²) < 4.78 is 5.46. The molecule has 9 heteroatoms. The molecule has 3 rings (SSSR count). The number of benzene rings is 1. The highest BCUT2D eigenvalue weighted by Gasteiger charge is 2.06. The van der Waals surface area contributed by atoms with E-state index in [0.717, 1.165) is 10.6 Å². The Morgan fingerprint density at radius 1 is 1.15 bits per heavy atom. The molecule has 0 aliphatic rings. The summed E-state index contributed by atoms with van der Waals surface area (Å²) in [5.74, 6) is 0.397. The minimum absolute atomic E-state index is 0.259. The van der Waals surface area contributed by atoms with E-state index in [2.05, 4.69) is 20.8 Å². The number of anilines is 1. The lowest BCUT2D eigenvalue weighted by atomic mass is 10.3. The van der Waals surface area contributed by atoms with Gasteiger partial charge in [0.05, 0.1) is 22.1 Å². The van der Waals surface area contributed by atoms with Gasteiger partial charge >= 0.3 is 6.03 Å². The number of aromatic nitrogens is 2. The molecule has 2 N–H and O–H groups in total. The molecule has 26 heavy (non-hydrogen) atoms. The van der Waals surface area contributed by atoms with E-state index in [0.29, 0.717) is 28.2 Å². The van der Waals surface area contributed by atoms with Crippen LogP contribution in [0, 0.1) is 0 Å². The molecule has 0 spiro atoms. The average Bonchev–Trinajstić information content (AvgIpc) is 3.16. The molecule has 2 heterocycles. The smallest absolute Gasteiger partial charge is 0.319 e. The molecule has 0 saturated carbocycles. The van der Waals surface area contributed by atoms with Gasteiger partial charge < -0.3 is 15.4 Å². The van der Waals surface area contributed by atoms with Crippen molar-refractivity contribution in [3.05, 3.63) is 57.9 Å². The topological polar surface area (TPSA) is 76.1 Å². The summed E-state index contributed by atoms with van der Waals surface area (Å²) >= 11 is 13.4. The van der Waals surface area contributed by atoms with Gasteiger partial charge in [0, 0.05) is 11.1 Å². The first-order valence-electron chi connectivity index (χ1n) is 7.62. The van der Waals surface area contributed by atoms with E-state index < -0.39 is 6.03 Å². The Labute approximate surface area is 164 Å². The first kappa shape index (κ1) is 18.4. The van der Waals surface area contributed by atoms with Gasteiger partial charge in [0.15, 0.2) is 0 Å². The second-order valence-electron chi connectivity index (χ2n) is 5.09. The van der Waals surface area contributed by atoms with Crippen molar-refractivity contribution in [3.8, 4) is 16.5 Å². The van der Waals surface area contributed by atoms with Crippen LogP contribution in [0.2, 0.25) is 10.0 Å². The number of amides is 2. The van der Waals surface area contributed by atoms with Crippen molar-refractivity contribution in [1.82, 2.24) is 15.5 Å². The molecule has 0 bridgehead atoms. The highest BCUT2D eigenvalue weighted by Crippen LogP contribution is 2.25. The first-order chi connectivity index (χ1) is 12.6. The normalized spacial score (nSPS) is 10.4. The molecule has 0 saturated heterocycles. The van der Waals surface area contributed by atoms with E-state index in [4.69, 9.17) is 27.9 Å². The Bertz CT molecular complexity index is 873. The number of hydrogen-bond donors (Lipinski definition) is 2. The summed E-state index contributed by atoms with van der Waals surface area (Å²) in [4.78, 5) is 12.9. The fourth-order valence-electron chi connectivity index (χ4n) is 2.03. The lowest BCUT2D eigenvalue weighted by molar-refractivity contribution is 0.246. The van der Waals surface area contributed by atoms with Crippen LogP contribution in [0.1, 0.15) is 0 Å². The van der Waals surface area contributed by atoms with Crippen LogP contribution in [0.15, 0.2) is 47.8 Å². The van der Waals surface area contributed by atoms with Crippen LogP contribution in [0.4, 0.5) is 10.5 Å². The monoisotopic (exact) mass is 408 g/mol. The Kier molecular flexibility index (Phi) is 6.27. The zero-order valence-corrected chi connectivity index (χ0v) is 15.7. The third kappa shape index (κ3) is 5.08. The van der Waals surface area contributed by atoms with Crippen LogP contribution in [0.5, 0.6) is 5.88 Å². The van der Waals surface area contributed by atoms with Gasteiger partial charge in [-0.3, -0.25) is 0 Å². The maximum Gasteiger partial charge on any atom is 0.319 e. The molecule has 0 unspecified atom stereocenters. The number of halogens is 2. The van der Waals surface area contributed by atoms with Gasteiger partial charge in [-0.2, -0.15) is 0 Å². The van der Waals surface area contributed by atoms with Crippen LogP contribution in [-0.4, -0.2) is 29.4 Å². The summed E-state index contributed by atoms with van der Waals surface area (Å²) in [7, 11) is 0. The summed E-state index contributed by atoms with van der Waals surface area (Å²) in [5, 5.41) is 16.3. The molecule has 0 aliphatic carbocycles. The number of urea groups is 1. The van der Waals surface area contributed by atoms with Gasteiger partial charge in [-0.1, -0.05) is 29.3 Å². The molecular formula is C17H14Cl2N4O2S. The zero-order chi connectivity index (χ0) is 18.4. The van der Waals surface area contributed by atoms with Crippen LogP contribution >= 0.6 is 34.5 Å². The van der Waals surface area contributed by atoms with Gasteiger partial charge in [-0.25, -0.2) is 4.79 Å². The number of carbonyl (C=O) groups excluding carboxylic acids is 1. The van der Waals surface area contributed by atoms with Gasteiger partial charge in [0.25, 0.3) is 0 Å². The van der Waals surface area contributed by atoms with Crippen molar-refractivity contribution >= 4 is 46.3 Å². The maximum atomic E-state index is 11.8. The standard InChI is InChI=1S/C17H14Cl2N4O2S/c18-11-3-4-13(12(19)10-11)21-17(24)20-7-8-25-16-6-5-14(22-23-16)15-2-1-9-26-15/h1-6,9-10H,7-8H2,(H2,20,21,24). The molecule has 2 amide bonds. The fraction of sp³-hybridized carbons (Fsp3) is 0.118. The summed E-state index contributed by atoms with van der Waals surface area (Å²) in [5.41, 5.74) is 1.27. The summed E-state index contributed by atoms with van der Waals surface area (Å²) in [6, 6.07) is 12.0. The Morgan fingerprint density at radius 2 is 2.04 bits per heavy atom. The van der Waals surface area contributed by atoms with E-state index in [1.165, 1.54) is 0 Å². The number of nitrogens with one attached hydrogen (secondary N) is 2. The molecule has 6 nitrogen and oxygen atoms in total. The Hall–Kier alpha value is -2.35. The fourth-order valence-corrected chi connectivity index (χ4v) is 3.18. The lowest BCUT2D eigenvalue weighted by Crippen LogP contribution is -2.32. The van der Waals surface area contributed by atoms with E-state index >= 15 is 0 Å². The zero-order valence-electron chi connectivity index (χ0n) is 13.4. The van der Waals surface area contributed by atoms with Crippen LogP contribution < -0.4 is 15.4 Å². The molecule has 134 valence electrons. The highest BCUT2D eigenvalue weighted by molar-refractivity contribution is 7.13. The molecule has 0 fully saturated rings. The minimum Gasteiger partial charge on any atom is -0.475 e. The van der Waals surface area contributed by atoms with Crippen molar-refractivity contribution in [3.63, 3.8) is 0 Å². The third-order valence-corrected chi connectivity index (χ3v) is 4.67. The maximum absolute atomic E-state index is 11.8. The quantitative estimate of drug-likeness (QED) is 0.578. The van der Waals surface area contributed by atoms with Crippen molar-refractivity contribution in [2.75, 3.05) is 18.5 Å². The van der Waals surface area contributed by atoms with Gasteiger partial charge in [-0.05, 0) is 35.7 Å². The lowest BCUT2D eigenvalue weighted by Gasteiger charge is -2.10. The number of hydrogen-bond acceptors (Lipinski definition) is 5. The molecule has 0 radical (unpaired) electrons. The van der Waals surface area contributed by atoms with Gasteiger partial charge in [0.1, 0.15) is 12.3 Å². The second kappa shape index (κ2) is 8.84. The minimum atomic E-state index is -0.392. The number of ether oxygens (including phenoxy) is 1. The first-order valence-corrected chi connectivity index (χ1v) is 9.26. The third-order valence-electron chi connectivity index (χ3n) is 3.23. The van der Waals surface area contributed by atoms with Gasteiger partial charge in [-0.15, -0.1) is 21.5 Å². The highest BCUT2D eigenvalue weighted by atomic mass is 35.5. The molecule has 2 aromatic heterocycles. The number of rotatable bonds is 6. The molecule has 3 aromatic rings. The van der Waals surface area contributed by atoms with Crippen LogP contribution in [-0.2, 0) is 0 Å². The average molecular weight is 409 g/mol. The molecule has 0 aliphatic heterocycles. The van der Waals surface area contributed by atoms with Crippen molar-refractivity contribution in [2.24, 2.45) is 0 Å². The number of carbonyl (C=O) groups is 1. The summed E-state index contributed by atoms with van der Waals surface area (Å²) in [6.45, 7) is 0.556. The van der Waals surface area contributed by atoms with E-state index in [-0.39, 0.29) is 6.61 Å². The largest absolute Gasteiger partial charge is 0.475 e. The summed E-state index contributed by atoms with van der Waals surface area (Å²) in [6.07, 6.45) is 0. The van der Waals surface area contributed by atoms with E-state index in [9.17, 15) is 4.79 Å². The Morgan fingerprint density at radius 3 is 2.73 bits per heavy atom. The van der Waals surface area contributed by atoms with E-state index in [1.54, 1.807) is 35.6 Å². The second-order valence-corrected chi connectivity index (χ2v) is 6.88. The van der Waals surface area contributed by atoms with E-state index in [1.807, 2.05) is 23.6 Å². The number of nitrogens with zero attached hydrogens (tertiary/aromatic N) is 2. The van der Waals surface area contributed by atoms with Crippen molar-refractivity contribution in [2.45, 2.75) is 0 Å².